The van der Waals surface area contributed by atoms with Crippen molar-refractivity contribution < 1.29 is 18.0 Å². The number of Topliss-reactive ketones (excluding diaryl/α,β-unsaturated/α-hetero) is 1. The van der Waals surface area contributed by atoms with Gasteiger partial charge in [-0.25, -0.2) is 13.1 Å². The van der Waals surface area contributed by atoms with Gasteiger partial charge in [0.25, 0.3) is 0 Å². The van der Waals surface area contributed by atoms with Gasteiger partial charge in [0.15, 0.2) is 5.78 Å². The van der Waals surface area contributed by atoms with Crippen LogP contribution in [0.3, 0.4) is 0 Å². The van der Waals surface area contributed by atoms with Crippen molar-refractivity contribution in [3.05, 3.63) is 0 Å². The van der Waals surface area contributed by atoms with Crippen LogP contribution in [0.25, 0.3) is 0 Å². The molecule has 0 spiro atoms. The summed E-state index contributed by atoms with van der Waals surface area (Å²) in [6.07, 6.45) is 2.06. The third-order valence-corrected chi connectivity index (χ3v) is 5.18. The quantitative estimate of drug-likeness (QED) is 0.615. The number of primary amides is 1. The van der Waals surface area contributed by atoms with Crippen molar-refractivity contribution >= 4 is 21.7 Å². The Balaban J connectivity index is 1.88. The van der Waals surface area contributed by atoms with Crippen LogP contribution in [-0.4, -0.2) is 56.4 Å². The second kappa shape index (κ2) is 5.56. The van der Waals surface area contributed by atoms with E-state index in [0.717, 1.165) is 25.9 Å². The fourth-order valence-corrected chi connectivity index (χ4v) is 3.83. The number of amides is 1. The van der Waals surface area contributed by atoms with Crippen LogP contribution in [0, 0.1) is 5.92 Å². The highest BCUT2D eigenvalue weighted by molar-refractivity contribution is 7.89. The number of hydrogen-bond acceptors (Lipinski definition) is 5. The molecule has 1 amide bonds. The molecule has 3 aliphatic heterocycles. The molecule has 0 aromatic carbocycles. The van der Waals surface area contributed by atoms with Crippen molar-refractivity contribution in [2.24, 2.45) is 11.7 Å². The number of sulfonamides is 1. The summed E-state index contributed by atoms with van der Waals surface area (Å²) in [5, 5.41) is 0. The normalized spacial score (nSPS) is 30.5. The summed E-state index contributed by atoms with van der Waals surface area (Å²) in [6.45, 7) is 1.35. The first-order chi connectivity index (χ1) is 8.89. The molecule has 1 atom stereocenters. The topological polar surface area (TPSA) is 110 Å². The molecule has 108 valence electrons. The molecule has 0 aromatic rings. The molecule has 0 aromatic heterocycles. The van der Waals surface area contributed by atoms with Crippen LogP contribution in [0.15, 0.2) is 0 Å². The van der Waals surface area contributed by atoms with Crippen molar-refractivity contribution in [1.82, 2.24) is 9.62 Å². The number of carbonyl (C=O) groups excluding carboxylic acids is 2. The first kappa shape index (κ1) is 14.4. The second-order valence-corrected chi connectivity index (χ2v) is 7.05. The van der Waals surface area contributed by atoms with Gasteiger partial charge in [0.2, 0.25) is 15.9 Å². The Bertz CT molecular complexity index is 468. The molecule has 0 aliphatic carbocycles. The van der Waals surface area contributed by atoms with Gasteiger partial charge in [0, 0.05) is 5.92 Å². The first-order valence-electron chi connectivity index (χ1n) is 6.42. The maximum atomic E-state index is 12.0. The predicted octanol–water partition coefficient (Wildman–Crippen LogP) is -1.56. The molecule has 2 bridgehead atoms. The van der Waals surface area contributed by atoms with Crippen molar-refractivity contribution in [2.75, 3.05) is 25.4 Å². The van der Waals surface area contributed by atoms with Gasteiger partial charge in [-0.1, -0.05) is 0 Å². The van der Waals surface area contributed by atoms with E-state index in [4.69, 9.17) is 5.73 Å². The number of carbonyl (C=O) groups is 2. The van der Waals surface area contributed by atoms with Crippen LogP contribution < -0.4 is 10.5 Å². The fourth-order valence-electron chi connectivity index (χ4n) is 2.79. The summed E-state index contributed by atoms with van der Waals surface area (Å²) >= 11 is 0. The van der Waals surface area contributed by atoms with Crippen LogP contribution in [0.1, 0.15) is 19.3 Å². The van der Waals surface area contributed by atoms with E-state index in [-0.39, 0.29) is 29.9 Å². The maximum Gasteiger partial charge on any atom is 0.232 e. The van der Waals surface area contributed by atoms with E-state index in [1.165, 1.54) is 0 Å². The van der Waals surface area contributed by atoms with Gasteiger partial charge in [0.1, 0.15) is 0 Å². The maximum absolute atomic E-state index is 12.0. The van der Waals surface area contributed by atoms with Crippen LogP contribution in [0.2, 0.25) is 0 Å². The molecule has 3 fully saturated rings. The molecule has 3 heterocycles. The van der Waals surface area contributed by atoms with Crippen molar-refractivity contribution in [2.45, 2.75) is 25.3 Å². The second-order valence-electron chi connectivity index (χ2n) is 5.12. The summed E-state index contributed by atoms with van der Waals surface area (Å²) in [4.78, 5) is 24.6. The lowest BCUT2D eigenvalue weighted by atomic mass is 9.81. The Labute approximate surface area is 112 Å². The highest BCUT2D eigenvalue weighted by Crippen LogP contribution is 2.30. The van der Waals surface area contributed by atoms with E-state index >= 15 is 0 Å². The van der Waals surface area contributed by atoms with E-state index in [1.54, 1.807) is 0 Å². The number of ketones is 1. The molecule has 0 radical (unpaired) electrons. The highest BCUT2D eigenvalue weighted by atomic mass is 32.2. The number of rotatable bonds is 6. The molecule has 3 rings (SSSR count). The summed E-state index contributed by atoms with van der Waals surface area (Å²) in [6, 6.07) is -0.280. The number of fused-ring (bicyclic) bond motifs is 3. The van der Waals surface area contributed by atoms with Gasteiger partial charge in [0.05, 0.1) is 18.3 Å². The van der Waals surface area contributed by atoms with Crippen LogP contribution in [0.4, 0.5) is 0 Å². The van der Waals surface area contributed by atoms with Gasteiger partial charge in [-0.05, 0) is 32.4 Å². The monoisotopic (exact) mass is 289 g/mol. The van der Waals surface area contributed by atoms with E-state index in [0.29, 0.717) is 0 Å². The molecule has 19 heavy (non-hydrogen) atoms. The third-order valence-electron chi connectivity index (χ3n) is 3.83. The molecular weight excluding hydrogens is 270 g/mol. The van der Waals surface area contributed by atoms with Crippen molar-refractivity contribution in [3.8, 4) is 0 Å². The Morgan fingerprint density at radius 1 is 1.37 bits per heavy atom. The number of nitrogens with one attached hydrogen (secondary N) is 1. The minimum Gasteiger partial charge on any atom is -0.369 e. The SMILES string of the molecule is NC(=O)CNS(=O)(=O)CCC1C(=O)C2CCN1CC2. The number of nitrogens with zero attached hydrogens (tertiary/aromatic N) is 1. The molecule has 3 aliphatic rings. The number of piperidine rings is 3. The minimum absolute atomic E-state index is 0.108. The van der Waals surface area contributed by atoms with Gasteiger partial charge in [-0.3, -0.25) is 14.5 Å². The van der Waals surface area contributed by atoms with Crippen molar-refractivity contribution in [3.63, 3.8) is 0 Å². The smallest absolute Gasteiger partial charge is 0.232 e. The number of hydrogen-bond donors (Lipinski definition) is 2. The summed E-state index contributed by atoms with van der Waals surface area (Å²) < 4.78 is 25.4. The molecule has 7 nitrogen and oxygen atoms in total. The summed E-state index contributed by atoms with van der Waals surface area (Å²) in [7, 11) is -3.55. The minimum atomic E-state index is -3.55. The molecule has 3 N–H and O–H groups in total. The predicted molar refractivity (Wildman–Crippen MR) is 68.7 cm³/mol. The zero-order valence-electron chi connectivity index (χ0n) is 10.7. The Kier molecular flexibility index (Phi) is 4.22. The van der Waals surface area contributed by atoms with Gasteiger partial charge >= 0.3 is 0 Å². The lowest BCUT2D eigenvalue weighted by molar-refractivity contribution is -0.136. The van der Waals surface area contributed by atoms with E-state index in [2.05, 4.69) is 9.62 Å². The lowest BCUT2D eigenvalue weighted by Crippen LogP contribution is -2.56. The largest absolute Gasteiger partial charge is 0.369 e. The van der Waals surface area contributed by atoms with Gasteiger partial charge in [-0.15, -0.1) is 0 Å². The Morgan fingerprint density at radius 2 is 2.00 bits per heavy atom. The Morgan fingerprint density at radius 3 is 2.53 bits per heavy atom. The average Bonchev–Trinajstić information content (AvgIpc) is 2.37. The van der Waals surface area contributed by atoms with E-state index in [1.807, 2.05) is 0 Å². The van der Waals surface area contributed by atoms with E-state index < -0.39 is 22.5 Å². The van der Waals surface area contributed by atoms with Gasteiger partial charge in [-0.2, -0.15) is 0 Å². The van der Waals surface area contributed by atoms with E-state index in [9.17, 15) is 18.0 Å². The van der Waals surface area contributed by atoms with Crippen molar-refractivity contribution in [1.29, 1.82) is 0 Å². The summed E-state index contributed by atoms with van der Waals surface area (Å²) in [5.41, 5.74) is 4.88. The highest BCUT2D eigenvalue weighted by Gasteiger charge is 2.40. The average molecular weight is 289 g/mol. The zero-order valence-corrected chi connectivity index (χ0v) is 11.5. The van der Waals surface area contributed by atoms with Crippen LogP contribution in [-0.2, 0) is 19.6 Å². The summed E-state index contributed by atoms with van der Waals surface area (Å²) in [5.74, 6) is -0.598. The zero-order chi connectivity index (χ0) is 14.0. The lowest BCUT2D eigenvalue weighted by Gasteiger charge is -2.44. The van der Waals surface area contributed by atoms with Gasteiger partial charge < -0.3 is 5.73 Å². The molecular formula is C11H19N3O4S. The molecule has 1 unspecified atom stereocenters. The number of nitrogens with two attached hydrogens (primary N) is 1. The standard InChI is InChI=1S/C11H19N3O4S/c12-10(15)7-13-19(17,18)6-3-9-11(16)8-1-4-14(9)5-2-8/h8-9,13H,1-7H2,(H2,12,15). The first-order valence-corrected chi connectivity index (χ1v) is 8.08. The Hall–Kier alpha value is -0.990. The molecule has 3 saturated heterocycles. The fraction of sp³-hybridized carbons (Fsp3) is 0.818. The molecule has 8 heteroatoms. The van der Waals surface area contributed by atoms with Crippen LogP contribution in [0.5, 0.6) is 0 Å². The molecule has 0 saturated carbocycles. The van der Waals surface area contributed by atoms with Crippen LogP contribution >= 0.6 is 0 Å². The third kappa shape index (κ3) is 3.52.